The van der Waals surface area contributed by atoms with Crippen LogP contribution in [-0.4, -0.2) is 80.0 Å². The average molecular weight is 562 g/mol. The maximum Gasteiger partial charge on any atom is 0.321 e. The number of aliphatic hydroxyl groups excluding tert-OH is 1. The standard InChI is InChI=1S/C32H39N3O6/c1-21-17-35(22(2)19-36)31(37)27-13-9-8-12-26(27)25-11-7-6-10-23(25)20-41-30(21)18-34(3)32(38)33-28-15-14-24(39-4)16-29(28)40-5/h6-16,21-22,30,36H,17-20H2,1-5H3,(H,33,38)/t21-,22+,30-/m0/s1. The van der Waals surface area contributed by atoms with Crippen LogP contribution in [0.1, 0.15) is 29.8 Å². The van der Waals surface area contributed by atoms with E-state index in [1.165, 1.54) is 7.11 Å². The molecule has 0 radical (unpaired) electrons. The van der Waals surface area contributed by atoms with Gasteiger partial charge in [0.05, 0.1) is 45.3 Å². The Bertz CT molecular complexity index is 1360. The number of amides is 3. The van der Waals surface area contributed by atoms with Crippen molar-refractivity contribution in [2.75, 3.05) is 46.3 Å². The van der Waals surface area contributed by atoms with Gasteiger partial charge in [-0.2, -0.15) is 0 Å². The summed E-state index contributed by atoms with van der Waals surface area (Å²) in [5.41, 5.74) is 3.78. The number of likely N-dealkylation sites (N-methyl/N-ethyl adjacent to an activating group) is 1. The average Bonchev–Trinajstić information content (AvgIpc) is 3.02. The van der Waals surface area contributed by atoms with Crippen LogP contribution in [0, 0.1) is 5.92 Å². The van der Waals surface area contributed by atoms with Gasteiger partial charge >= 0.3 is 6.03 Å². The van der Waals surface area contributed by atoms with Crippen molar-refractivity contribution in [3.05, 3.63) is 77.9 Å². The molecule has 41 heavy (non-hydrogen) atoms. The Balaban J connectivity index is 1.62. The van der Waals surface area contributed by atoms with Crippen LogP contribution in [0.5, 0.6) is 11.5 Å². The molecule has 0 aliphatic carbocycles. The minimum atomic E-state index is -0.404. The second-order valence-corrected chi connectivity index (χ2v) is 10.4. The zero-order valence-corrected chi connectivity index (χ0v) is 24.3. The Labute approximate surface area is 241 Å². The summed E-state index contributed by atoms with van der Waals surface area (Å²) in [4.78, 5) is 30.5. The quantitative estimate of drug-likeness (QED) is 0.426. The van der Waals surface area contributed by atoms with Crippen molar-refractivity contribution >= 4 is 17.6 Å². The number of nitrogens with zero attached hydrogens (tertiary/aromatic N) is 2. The first-order valence-corrected chi connectivity index (χ1v) is 13.7. The molecule has 1 heterocycles. The maximum absolute atomic E-state index is 13.9. The van der Waals surface area contributed by atoms with Gasteiger partial charge in [0, 0.05) is 37.7 Å². The number of ether oxygens (including phenoxy) is 3. The van der Waals surface area contributed by atoms with Crippen LogP contribution in [0.15, 0.2) is 66.7 Å². The van der Waals surface area contributed by atoms with Gasteiger partial charge in [-0.15, -0.1) is 0 Å². The van der Waals surface area contributed by atoms with Gasteiger partial charge in [-0.05, 0) is 41.8 Å². The third-order valence-corrected chi connectivity index (χ3v) is 7.55. The second-order valence-electron chi connectivity index (χ2n) is 10.4. The van der Waals surface area contributed by atoms with E-state index in [1.807, 2.05) is 62.4 Å². The molecule has 3 atom stereocenters. The number of methoxy groups -OCH3 is 2. The van der Waals surface area contributed by atoms with Gasteiger partial charge in [0.1, 0.15) is 11.5 Å². The normalized spacial score (nSPS) is 17.9. The van der Waals surface area contributed by atoms with Crippen LogP contribution in [0.4, 0.5) is 10.5 Å². The fourth-order valence-electron chi connectivity index (χ4n) is 5.02. The highest BCUT2D eigenvalue weighted by atomic mass is 16.5. The minimum absolute atomic E-state index is 0.151. The van der Waals surface area contributed by atoms with Crippen molar-refractivity contribution in [2.24, 2.45) is 5.92 Å². The zero-order valence-electron chi connectivity index (χ0n) is 24.3. The molecule has 3 aromatic carbocycles. The number of rotatable bonds is 7. The monoisotopic (exact) mass is 561 g/mol. The first kappa shape index (κ1) is 29.9. The van der Waals surface area contributed by atoms with E-state index in [1.54, 1.807) is 42.2 Å². The van der Waals surface area contributed by atoms with Gasteiger partial charge < -0.3 is 34.4 Å². The van der Waals surface area contributed by atoms with Crippen LogP contribution in [0.3, 0.4) is 0 Å². The van der Waals surface area contributed by atoms with Gasteiger partial charge in [0.15, 0.2) is 0 Å². The lowest BCUT2D eigenvalue weighted by Gasteiger charge is -2.35. The lowest BCUT2D eigenvalue weighted by molar-refractivity contribution is -0.0178. The number of carbonyl (C=O) groups is 2. The first-order chi connectivity index (χ1) is 19.8. The molecule has 0 bridgehead atoms. The number of urea groups is 1. The largest absolute Gasteiger partial charge is 0.497 e. The fourth-order valence-corrected chi connectivity index (χ4v) is 5.02. The minimum Gasteiger partial charge on any atom is -0.497 e. The number of aliphatic hydroxyl groups is 1. The molecule has 1 aliphatic rings. The number of nitrogens with one attached hydrogen (secondary N) is 1. The molecule has 0 saturated heterocycles. The van der Waals surface area contributed by atoms with Crippen molar-refractivity contribution in [2.45, 2.75) is 32.6 Å². The van der Waals surface area contributed by atoms with Crippen LogP contribution < -0.4 is 14.8 Å². The predicted octanol–water partition coefficient (Wildman–Crippen LogP) is 4.89. The van der Waals surface area contributed by atoms with Crippen molar-refractivity contribution in [3.63, 3.8) is 0 Å². The van der Waals surface area contributed by atoms with E-state index in [0.717, 1.165) is 16.7 Å². The fraction of sp³-hybridized carbons (Fsp3) is 0.375. The van der Waals surface area contributed by atoms with Gasteiger partial charge in [-0.1, -0.05) is 49.4 Å². The summed E-state index contributed by atoms with van der Waals surface area (Å²) in [6, 6.07) is 19.9. The van der Waals surface area contributed by atoms with Crippen molar-refractivity contribution in [3.8, 4) is 22.6 Å². The molecule has 9 nitrogen and oxygen atoms in total. The third-order valence-electron chi connectivity index (χ3n) is 7.55. The SMILES string of the molecule is COc1ccc(NC(=O)N(C)C[C@@H]2OCc3ccccc3-c3ccccc3C(=O)N([C@H](C)CO)C[C@@H]2C)c(OC)c1. The molecular formula is C32H39N3O6. The van der Waals surface area contributed by atoms with E-state index in [2.05, 4.69) is 5.32 Å². The smallest absolute Gasteiger partial charge is 0.321 e. The number of hydrogen-bond donors (Lipinski definition) is 2. The van der Waals surface area contributed by atoms with Crippen molar-refractivity contribution < 1.29 is 28.9 Å². The van der Waals surface area contributed by atoms with E-state index < -0.39 is 12.1 Å². The van der Waals surface area contributed by atoms with Crippen LogP contribution >= 0.6 is 0 Å². The molecule has 3 amide bonds. The number of anilines is 1. The second kappa shape index (κ2) is 13.5. The molecule has 9 heteroatoms. The molecule has 218 valence electrons. The van der Waals surface area contributed by atoms with Crippen LogP contribution in [-0.2, 0) is 11.3 Å². The van der Waals surface area contributed by atoms with Gasteiger partial charge in [0.25, 0.3) is 5.91 Å². The summed E-state index contributed by atoms with van der Waals surface area (Å²) in [6.45, 7) is 4.59. The molecule has 0 aromatic heterocycles. The highest BCUT2D eigenvalue weighted by Crippen LogP contribution is 2.32. The summed E-state index contributed by atoms with van der Waals surface area (Å²) in [6.07, 6.45) is -0.404. The molecule has 0 unspecified atom stereocenters. The molecule has 1 aliphatic heterocycles. The van der Waals surface area contributed by atoms with Crippen LogP contribution in [0.2, 0.25) is 0 Å². The Morgan fingerprint density at radius 1 is 1.07 bits per heavy atom. The number of fused-ring (bicyclic) bond motifs is 3. The highest BCUT2D eigenvalue weighted by Gasteiger charge is 2.31. The third kappa shape index (κ3) is 6.81. The first-order valence-electron chi connectivity index (χ1n) is 13.7. The summed E-state index contributed by atoms with van der Waals surface area (Å²) in [5, 5.41) is 12.9. The topological polar surface area (TPSA) is 101 Å². The van der Waals surface area contributed by atoms with Crippen molar-refractivity contribution in [1.82, 2.24) is 9.80 Å². The zero-order chi connectivity index (χ0) is 29.5. The lowest BCUT2D eigenvalue weighted by atomic mass is 9.94. The molecule has 4 rings (SSSR count). The van der Waals surface area contributed by atoms with Gasteiger partial charge in [0.2, 0.25) is 0 Å². The highest BCUT2D eigenvalue weighted by molar-refractivity contribution is 6.01. The van der Waals surface area contributed by atoms with Crippen LogP contribution in [0.25, 0.3) is 11.1 Å². The summed E-state index contributed by atoms with van der Waals surface area (Å²) < 4.78 is 17.2. The predicted molar refractivity (Wildman–Crippen MR) is 158 cm³/mol. The number of carbonyl (C=O) groups excluding carboxylic acids is 2. The Kier molecular flexibility index (Phi) is 9.86. The van der Waals surface area contributed by atoms with E-state index in [-0.39, 0.29) is 31.0 Å². The Morgan fingerprint density at radius 3 is 2.44 bits per heavy atom. The number of benzene rings is 3. The summed E-state index contributed by atoms with van der Waals surface area (Å²) >= 11 is 0. The Hall–Kier alpha value is -4.08. The number of hydrogen-bond acceptors (Lipinski definition) is 6. The Morgan fingerprint density at radius 2 is 1.76 bits per heavy atom. The molecule has 3 aromatic rings. The molecule has 0 saturated carbocycles. The van der Waals surface area contributed by atoms with Gasteiger partial charge in [-0.3, -0.25) is 4.79 Å². The summed E-state index contributed by atoms with van der Waals surface area (Å²) in [5.74, 6) is 0.791. The van der Waals surface area contributed by atoms with E-state index in [9.17, 15) is 14.7 Å². The molecule has 0 fully saturated rings. The maximum atomic E-state index is 13.9. The molecule has 0 spiro atoms. The lowest BCUT2D eigenvalue weighted by Crippen LogP contribution is -2.48. The van der Waals surface area contributed by atoms with E-state index in [0.29, 0.717) is 35.9 Å². The molecular weight excluding hydrogens is 522 g/mol. The van der Waals surface area contributed by atoms with E-state index in [4.69, 9.17) is 14.2 Å². The van der Waals surface area contributed by atoms with E-state index >= 15 is 0 Å². The van der Waals surface area contributed by atoms with Gasteiger partial charge in [-0.25, -0.2) is 4.79 Å². The van der Waals surface area contributed by atoms with Crippen molar-refractivity contribution in [1.29, 1.82) is 0 Å². The summed E-state index contributed by atoms with van der Waals surface area (Å²) in [7, 11) is 4.80. The molecule has 2 N–H and O–H groups in total.